The molecule has 0 saturated heterocycles. The monoisotopic (exact) mass is 371 g/mol. The van der Waals surface area contributed by atoms with Crippen LogP contribution in [0.15, 0.2) is 30.9 Å². The number of hydrogen-bond donors (Lipinski definition) is 2. The van der Waals surface area contributed by atoms with Crippen LogP contribution in [-0.4, -0.2) is 41.0 Å². The highest BCUT2D eigenvalue weighted by Gasteiger charge is 2.36. The van der Waals surface area contributed by atoms with Gasteiger partial charge in [0, 0.05) is 6.54 Å². The number of tetrazole rings is 1. The third-order valence-electron chi connectivity index (χ3n) is 4.41. The Labute approximate surface area is 153 Å². The number of amides is 2. The molecule has 10 nitrogen and oxygen atoms in total. The molecular weight excluding hydrogens is 353 g/mol. The van der Waals surface area contributed by atoms with Crippen molar-refractivity contribution in [3.63, 3.8) is 0 Å². The number of nitrogens with zero attached hydrogens (tertiary/aromatic N) is 7. The van der Waals surface area contributed by atoms with Gasteiger partial charge in [0.05, 0.1) is 17.4 Å². The standard InChI is InChI=1S/C16H18FN9O/c1-2-25-15(18-8-20-25)14(10-3-4-10)22-16(27)21-13-7-11(5-6-12(13)17)26-9-19-23-24-26/h5-10,14H,2-4H2,1H3,(H2,21,22,27)/t14-/m1/s1. The van der Waals surface area contributed by atoms with Gasteiger partial charge in [-0.2, -0.15) is 5.10 Å². The summed E-state index contributed by atoms with van der Waals surface area (Å²) in [7, 11) is 0. The van der Waals surface area contributed by atoms with Crippen LogP contribution < -0.4 is 10.6 Å². The number of anilines is 1. The first-order valence-electron chi connectivity index (χ1n) is 8.64. The van der Waals surface area contributed by atoms with E-state index < -0.39 is 11.8 Å². The molecule has 4 rings (SSSR count). The van der Waals surface area contributed by atoms with Crippen molar-refractivity contribution in [3.05, 3.63) is 42.5 Å². The Bertz CT molecular complexity index is 935. The first-order valence-corrected chi connectivity index (χ1v) is 8.64. The molecule has 1 atom stereocenters. The fourth-order valence-corrected chi connectivity index (χ4v) is 2.91. The van der Waals surface area contributed by atoms with Crippen LogP contribution in [0.2, 0.25) is 0 Å². The molecule has 1 aliphatic carbocycles. The summed E-state index contributed by atoms with van der Waals surface area (Å²) in [5, 5.41) is 20.5. The minimum absolute atomic E-state index is 0.0343. The quantitative estimate of drug-likeness (QED) is 0.681. The number of carbonyl (C=O) groups excluding carboxylic acids is 1. The Balaban J connectivity index is 1.51. The first-order chi connectivity index (χ1) is 13.2. The number of nitrogens with one attached hydrogen (secondary N) is 2. The van der Waals surface area contributed by atoms with Crippen LogP contribution in [0.1, 0.15) is 31.6 Å². The van der Waals surface area contributed by atoms with E-state index in [4.69, 9.17) is 0 Å². The minimum Gasteiger partial charge on any atom is -0.328 e. The number of hydrogen-bond acceptors (Lipinski definition) is 6. The number of rotatable bonds is 6. The molecule has 2 N–H and O–H groups in total. The first kappa shape index (κ1) is 17.1. The third-order valence-corrected chi connectivity index (χ3v) is 4.41. The molecular formula is C16H18FN9O. The summed E-state index contributed by atoms with van der Waals surface area (Å²) in [5.74, 6) is 0.461. The molecule has 0 unspecified atom stereocenters. The van der Waals surface area contributed by atoms with Crippen LogP contribution in [0, 0.1) is 11.7 Å². The van der Waals surface area contributed by atoms with E-state index in [1.165, 1.54) is 35.5 Å². The third kappa shape index (κ3) is 3.61. The van der Waals surface area contributed by atoms with Gasteiger partial charge in [-0.05, 0) is 54.3 Å². The highest BCUT2D eigenvalue weighted by molar-refractivity contribution is 5.90. The van der Waals surface area contributed by atoms with E-state index in [1.54, 1.807) is 4.68 Å². The lowest BCUT2D eigenvalue weighted by atomic mass is 10.1. The molecule has 2 amide bonds. The van der Waals surface area contributed by atoms with Crippen molar-refractivity contribution in [1.29, 1.82) is 0 Å². The molecule has 2 aromatic heterocycles. The van der Waals surface area contributed by atoms with E-state index >= 15 is 0 Å². The van der Waals surface area contributed by atoms with Gasteiger partial charge in [0.2, 0.25) is 0 Å². The van der Waals surface area contributed by atoms with Crippen molar-refractivity contribution in [2.75, 3.05) is 5.32 Å². The average molecular weight is 371 g/mol. The summed E-state index contributed by atoms with van der Waals surface area (Å²) >= 11 is 0. The van der Waals surface area contributed by atoms with Gasteiger partial charge in [-0.15, -0.1) is 5.10 Å². The SMILES string of the molecule is CCn1ncnc1[C@H](NC(=O)Nc1cc(-n2cnnn2)ccc1F)C1CC1. The maximum atomic E-state index is 14.1. The number of urea groups is 1. The zero-order valence-electron chi connectivity index (χ0n) is 14.6. The maximum absolute atomic E-state index is 14.1. The molecule has 0 radical (unpaired) electrons. The van der Waals surface area contributed by atoms with Crippen molar-refractivity contribution in [2.45, 2.75) is 32.4 Å². The fraction of sp³-hybridized carbons (Fsp3) is 0.375. The number of carbonyl (C=O) groups is 1. The van der Waals surface area contributed by atoms with Crippen LogP contribution in [0.25, 0.3) is 5.69 Å². The molecule has 1 fully saturated rings. The summed E-state index contributed by atoms with van der Waals surface area (Å²) in [6.07, 6.45) is 4.87. The van der Waals surface area contributed by atoms with E-state index in [0.29, 0.717) is 24.0 Å². The van der Waals surface area contributed by atoms with E-state index in [-0.39, 0.29) is 11.7 Å². The maximum Gasteiger partial charge on any atom is 0.319 e. The summed E-state index contributed by atoms with van der Waals surface area (Å²) in [6, 6.07) is 3.46. The fourth-order valence-electron chi connectivity index (χ4n) is 2.91. The Morgan fingerprint density at radius 2 is 2.26 bits per heavy atom. The lowest BCUT2D eigenvalue weighted by Crippen LogP contribution is -2.35. The summed E-state index contributed by atoms with van der Waals surface area (Å²) in [4.78, 5) is 16.8. The molecule has 1 aliphatic rings. The lowest BCUT2D eigenvalue weighted by molar-refractivity contribution is 0.245. The second kappa shape index (κ2) is 7.09. The lowest BCUT2D eigenvalue weighted by Gasteiger charge is -2.19. The second-order valence-electron chi connectivity index (χ2n) is 6.27. The predicted octanol–water partition coefficient (Wildman–Crippen LogP) is 1.69. The molecule has 27 heavy (non-hydrogen) atoms. The summed E-state index contributed by atoms with van der Waals surface area (Å²) < 4.78 is 17.3. The zero-order chi connectivity index (χ0) is 18.8. The Kier molecular flexibility index (Phi) is 4.48. The topological polar surface area (TPSA) is 115 Å². The molecule has 11 heteroatoms. The second-order valence-corrected chi connectivity index (χ2v) is 6.27. The van der Waals surface area contributed by atoms with Crippen LogP contribution in [0.5, 0.6) is 0 Å². The van der Waals surface area contributed by atoms with Gasteiger partial charge in [0.25, 0.3) is 0 Å². The predicted molar refractivity (Wildman–Crippen MR) is 92.4 cm³/mol. The van der Waals surface area contributed by atoms with Gasteiger partial charge in [-0.1, -0.05) is 0 Å². The molecule has 3 aromatic rings. The van der Waals surface area contributed by atoms with Gasteiger partial charge in [-0.25, -0.2) is 23.5 Å². The number of aryl methyl sites for hydroxylation is 1. The number of aromatic nitrogens is 7. The highest BCUT2D eigenvalue weighted by Crippen LogP contribution is 2.40. The van der Waals surface area contributed by atoms with Crippen LogP contribution >= 0.6 is 0 Å². The van der Waals surface area contributed by atoms with E-state index in [0.717, 1.165) is 12.8 Å². The Hall–Kier alpha value is -3.37. The highest BCUT2D eigenvalue weighted by atomic mass is 19.1. The average Bonchev–Trinajstić information content (AvgIpc) is 3.17. The van der Waals surface area contributed by atoms with Crippen LogP contribution in [0.4, 0.5) is 14.9 Å². The van der Waals surface area contributed by atoms with Gasteiger partial charge >= 0.3 is 6.03 Å². The molecule has 0 spiro atoms. The van der Waals surface area contributed by atoms with E-state index in [2.05, 4.69) is 36.2 Å². The van der Waals surface area contributed by atoms with E-state index in [9.17, 15) is 9.18 Å². The van der Waals surface area contributed by atoms with Crippen molar-refractivity contribution in [1.82, 2.24) is 40.3 Å². The van der Waals surface area contributed by atoms with Gasteiger partial charge in [-0.3, -0.25) is 0 Å². The summed E-state index contributed by atoms with van der Waals surface area (Å²) in [5.41, 5.74) is 0.563. The Morgan fingerprint density at radius 1 is 1.41 bits per heavy atom. The van der Waals surface area contributed by atoms with Crippen molar-refractivity contribution < 1.29 is 9.18 Å². The van der Waals surface area contributed by atoms with Crippen LogP contribution in [0.3, 0.4) is 0 Å². The van der Waals surface area contributed by atoms with Crippen molar-refractivity contribution >= 4 is 11.7 Å². The number of halogens is 1. The molecule has 1 saturated carbocycles. The number of benzene rings is 1. The molecule has 0 bridgehead atoms. The van der Waals surface area contributed by atoms with Gasteiger partial charge < -0.3 is 10.6 Å². The molecule has 1 aromatic carbocycles. The zero-order valence-corrected chi connectivity index (χ0v) is 14.6. The van der Waals surface area contributed by atoms with E-state index in [1.807, 2.05) is 6.92 Å². The normalized spacial score (nSPS) is 14.7. The summed E-state index contributed by atoms with van der Waals surface area (Å²) in [6.45, 7) is 2.62. The smallest absolute Gasteiger partial charge is 0.319 e. The molecule has 140 valence electrons. The van der Waals surface area contributed by atoms with Gasteiger partial charge in [0.15, 0.2) is 0 Å². The minimum atomic E-state index is -0.554. The van der Waals surface area contributed by atoms with Crippen LogP contribution in [-0.2, 0) is 6.54 Å². The molecule has 0 aliphatic heterocycles. The largest absolute Gasteiger partial charge is 0.328 e. The molecule has 2 heterocycles. The van der Waals surface area contributed by atoms with Crippen molar-refractivity contribution in [2.24, 2.45) is 5.92 Å². The Morgan fingerprint density at radius 3 is 2.96 bits per heavy atom. The van der Waals surface area contributed by atoms with Gasteiger partial charge in [0.1, 0.15) is 24.3 Å². The van der Waals surface area contributed by atoms with Crippen molar-refractivity contribution in [3.8, 4) is 5.69 Å².